The maximum atomic E-state index is 12.8. The molecule has 5 rings (SSSR count). The maximum absolute atomic E-state index is 12.8. The van der Waals surface area contributed by atoms with Crippen molar-refractivity contribution in [3.63, 3.8) is 0 Å². The third-order valence-electron chi connectivity index (χ3n) is 6.30. The highest BCUT2D eigenvalue weighted by Crippen LogP contribution is 2.34. The molecule has 1 fully saturated rings. The Balaban J connectivity index is 1.14. The number of ether oxygens (including phenoxy) is 1. The minimum absolute atomic E-state index is 0.0228. The molecule has 9 heteroatoms. The van der Waals surface area contributed by atoms with E-state index < -0.39 is 0 Å². The van der Waals surface area contributed by atoms with Crippen LogP contribution in [0.4, 0.5) is 5.69 Å². The van der Waals surface area contributed by atoms with Crippen LogP contribution in [0, 0.1) is 6.57 Å². The molecule has 0 spiro atoms. The van der Waals surface area contributed by atoms with Gasteiger partial charge in [0.05, 0.1) is 50.0 Å². The molecule has 9 nitrogen and oxygen atoms in total. The molecule has 0 radical (unpaired) electrons. The summed E-state index contributed by atoms with van der Waals surface area (Å²) < 4.78 is 7.69. The van der Waals surface area contributed by atoms with E-state index in [1.807, 2.05) is 29.2 Å². The second kappa shape index (κ2) is 9.48. The van der Waals surface area contributed by atoms with E-state index >= 15 is 0 Å². The first-order chi connectivity index (χ1) is 16.2. The Bertz CT molecular complexity index is 1150. The molecule has 4 heterocycles. The molecular weight excluding hydrogens is 418 g/mol. The van der Waals surface area contributed by atoms with Gasteiger partial charge in [-0.25, -0.2) is 9.53 Å². The number of pyridine rings is 1. The average Bonchev–Trinajstić information content (AvgIpc) is 3.40. The summed E-state index contributed by atoms with van der Waals surface area (Å²) >= 11 is 0. The summed E-state index contributed by atoms with van der Waals surface area (Å²) in [5, 5.41) is 7.74. The van der Waals surface area contributed by atoms with Gasteiger partial charge in [-0.3, -0.25) is 14.7 Å². The SMILES string of the molecule is [C-]#[N+]c1cccc2c1CCOC2CN1CCN(C(=O)Cc2ccc(-n3ccnn3)cn2)CC1. The zero-order valence-electron chi connectivity index (χ0n) is 18.3. The van der Waals surface area contributed by atoms with Crippen molar-refractivity contribution in [2.24, 2.45) is 0 Å². The number of piperazine rings is 1. The number of carbonyl (C=O) groups is 1. The van der Waals surface area contributed by atoms with Crippen LogP contribution in [0.3, 0.4) is 0 Å². The third-order valence-corrected chi connectivity index (χ3v) is 6.30. The van der Waals surface area contributed by atoms with Gasteiger partial charge in [-0.1, -0.05) is 23.4 Å². The van der Waals surface area contributed by atoms with Crippen molar-refractivity contribution >= 4 is 11.6 Å². The lowest BCUT2D eigenvalue weighted by molar-refractivity contribution is -0.132. The molecule has 0 N–H and O–H groups in total. The Morgan fingerprint density at radius 2 is 2.06 bits per heavy atom. The number of amides is 1. The first-order valence-electron chi connectivity index (χ1n) is 11.1. The van der Waals surface area contributed by atoms with Crippen molar-refractivity contribution in [3.05, 3.63) is 77.2 Å². The molecule has 3 aromatic rings. The molecule has 1 amide bonds. The minimum Gasteiger partial charge on any atom is -0.372 e. The Morgan fingerprint density at radius 1 is 1.18 bits per heavy atom. The number of rotatable bonds is 5. The Morgan fingerprint density at radius 3 is 2.79 bits per heavy atom. The van der Waals surface area contributed by atoms with Crippen LogP contribution in [0.5, 0.6) is 0 Å². The van der Waals surface area contributed by atoms with Crippen molar-refractivity contribution in [1.82, 2.24) is 29.8 Å². The molecule has 0 bridgehead atoms. The lowest BCUT2D eigenvalue weighted by Gasteiger charge is -2.37. The molecule has 2 aliphatic rings. The summed E-state index contributed by atoms with van der Waals surface area (Å²) in [6, 6.07) is 9.66. The minimum atomic E-state index is -0.0228. The van der Waals surface area contributed by atoms with Crippen LogP contribution in [-0.2, 0) is 22.4 Å². The quantitative estimate of drug-likeness (QED) is 0.563. The predicted molar refractivity (Wildman–Crippen MR) is 121 cm³/mol. The van der Waals surface area contributed by atoms with Gasteiger partial charge in [0, 0.05) is 38.4 Å². The summed E-state index contributed by atoms with van der Waals surface area (Å²) in [6.07, 6.45) is 6.13. The smallest absolute Gasteiger partial charge is 0.228 e. The van der Waals surface area contributed by atoms with Gasteiger partial charge >= 0.3 is 0 Å². The van der Waals surface area contributed by atoms with Gasteiger partial charge in [-0.2, -0.15) is 0 Å². The van der Waals surface area contributed by atoms with Crippen LogP contribution in [-0.4, -0.2) is 75.0 Å². The maximum Gasteiger partial charge on any atom is 0.228 e. The van der Waals surface area contributed by atoms with Gasteiger partial charge in [0.25, 0.3) is 0 Å². The number of nitrogens with zero attached hydrogens (tertiary/aromatic N) is 7. The van der Waals surface area contributed by atoms with Crippen molar-refractivity contribution in [2.45, 2.75) is 18.9 Å². The highest BCUT2D eigenvalue weighted by Gasteiger charge is 2.27. The average molecular weight is 444 g/mol. The Hall–Kier alpha value is -3.61. The van der Waals surface area contributed by atoms with Crippen LogP contribution in [0.25, 0.3) is 10.5 Å². The van der Waals surface area contributed by atoms with Crippen LogP contribution < -0.4 is 0 Å². The fourth-order valence-corrected chi connectivity index (χ4v) is 4.50. The summed E-state index contributed by atoms with van der Waals surface area (Å²) in [5.74, 6) is 0.0941. The molecule has 0 aliphatic carbocycles. The molecule has 33 heavy (non-hydrogen) atoms. The molecular formula is C24H25N7O2. The van der Waals surface area contributed by atoms with Crippen molar-refractivity contribution < 1.29 is 9.53 Å². The zero-order valence-corrected chi connectivity index (χ0v) is 18.3. The van der Waals surface area contributed by atoms with Gasteiger partial charge < -0.3 is 9.64 Å². The summed E-state index contributed by atoms with van der Waals surface area (Å²) in [5.41, 5.74) is 4.55. The second-order valence-electron chi connectivity index (χ2n) is 8.28. The van der Waals surface area contributed by atoms with Gasteiger partial charge in [-0.15, -0.1) is 5.10 Å². The Kier molecular flexibility index (Phi) is 6.11. The standard InChI is InChI=1S/C24H25N7O2/c1-25-22-4-2-3-21-20(22)7-14-33-23(21)17-29-10-12-30(13-11-29)24(32)15-18-5-6-19(16-26-18)31-9-8-27-28-31/h2-6,8-9,16,23H,7,10-15,17H2. The molecule has 1 unspecified atom stereocenters. The molecule has 0 saturated carbocycles. The van der Waals surface area contributed by atoms with E-state index in [0.717, 1.165) is 54.3 Å². The monoisotopic (exact) mass is 443 g/mol. The van der Waals surface area contributed by atoms with E-state index in [1.165, 1.54) is 0 Å². The van der Waals surface area contributed by atoms with Gasteiger partial charge in [0.15, 0.2) is 5.69 Å². The fraction of sp³-hybridized carbons (Fsp3) is 0.375. The molecule has 1 saturated heterocycles. The number of fused-ring (bicyclic) bond motifs is 1. The summed E-state index contributed by atoms with van der Waals surface area (Å²) in [6.45, 7) is 11.8. The van der Waals surface area contributed by atoms with Crippen LogP contribution in [0.15, 0.2) is 48.9 Å². The van der Waals surface area contributed by atoms with Crippen LogP contribution in [0.2, 0.25) is 0 Å². The predicted octanol–water partition coefficient (Wildman–Crippen LogP) is 2.21. The molecule has 168 valence electrons. The number of carbonyl (C=O) groups excluding carboxylic acids is 1. The topological polar surface area (TPSA) is 80.7 Å². The van der Waals surface area contributed by atoms with E-state index in [4.69, 9.17) is 11.3 Å². The highest BCUT2D eigenvalue weighted by molar-refractivity contribution is 5.78. The van der Waals surface area contributed by atoms with E-state index in [-0.39, 0.29) is 18.4 Å². The number of hydrogen-bond donors (Lipinski definition) is 0. The van der Waals surface area contributed by atoms with Crippen molar-refractivity contribution in [1.29, 1.82) is 0 Å². The van der Waals surface area contributed by atoms with E-state index in [0.29, 0.717) is 19.7 Å². The van der Waals surface area contributed by atoms with Crippen molar-refractivity contribution in [2.75, 3.05) is 39.3 Å². The fourth-order valence-electron chi connectivity index (χ4n) is 4.50. The summed E-state index contributed by atoms with van der Waals surface area (Å²) in [7, 11) is 0. The van der Waals surface area contributed by atoms with E-state index in [1.54, 1.807) is 23.3 Å². The molecule has 1 atom stereocenters. The first kappa shape index (κ1) is 21.2. The number of aromatic nitrogens is 4. The number of hydrogen-bond acceptors (Lipinski definition) is 6. The van der Waals surface area contributed by atoms with Gasteiger partial charge in [0.2, 0.25) is 5.91 Å². The largest absolute Gasteiger partial charge is 0.372 e. The van der Waals surface area contributed by atoms with Crippen LogP contribution in [0.1, 0.15) is 22.9 Å². The second-order valence-corrected chi connectivity index (χ2v) is 8.28. The molecule has 1 aromatic carbocycles. The normalized spacial score (nSPS) is 18.5. The first-order valence-corrected chi connectivity index (χ1v) is 11.1. The third kappa shape index (κ3) is 4.62. The lowest BCUT2D eigenvalue weighted by Crippen LogP contribution is -2.50. The Labute approximate surface area is 192 Å². The van der Waals surface area contributed by atoms with Gasteiger partial charge in [0.1, 0.15) is 0 Å². The summed E-state index contributed by atoms with van der Waals surface area (Å²) in [4.78, 5) is 25.1. The van der Waals surface area contributed by atoms with Crippen LogP contribution >= 0.6 is 0 Å². The van der Waals surface area contributed by atoms with Crippen molar-refractivity contribution in [3.8, 4) is 5.69 Å². The molecule has 2 aromatic heterocycles. The molecule has 2 aliphatic heterocycles. The zero-order chi connectivity index (χ0) is 22.6. The van der Waals surface area contributed by atoms with E-state index in [9.17, 15) is 4.79 Å². The highest BCUT2D eigenvalue weighted by atomic mass is 16.5. The van der Waals surface area contributed by atoms with E-state index in [2.05, 4.69) is 31.1 Å². The number of benzene rings is 1. The lowest BCUT2D eigenvalue weighted by atomic mass is 9.95. The van der Waals surface area contributed by atoms with Gasteiger partial charge in [-0.05, 0) is 29.7 Å².